The normalized spacial score (nSPS) is 31.9. The van der Waals surface area contributed by atoms with Crippen LogP contribution in [0.25, 0.3) is 0 Å². The zero-order valence-corrected chi connectivity index (χ0v) is 12.0. The van der Waals surface area contributed by atoms with Gasteiger partial charge in [-0.25, -0.2) is 0 Å². The average Bonchev–Trinajstić information content (AvgIpc) is 2.47. The fourth-order valence-corrected chi connectivity index (χ4v) is 3.10. The van der Waals surface area contributed by atoms with Gasteiger partial charge in [-0.2, -0.15) is 0 Å². The van der Waals surface area contributed by atoms with Gasteiger partial charge in [-0.1, -0.05) is 0 Å². The minimum absolute atomic E-state index is 0.00151. The number of hydrogen-bond donors (Lipinski definition) is 1. The molecule has 1 heterocycles. The summed E-state index contributed by atoms with van der Waals surface area (Å²) in [7, 11) is 0. The maximum Gasteiger partial charge on any atom is 0.308 e. The Balaban J connectivity index is 1.61. The third-order valence-corrected chi connectivity index (χ3v) is 4.30. The van der Waals surface area contributed by atoms with E-state index in [2.05, 4.69) is 5.32 Å². The van der Waals surface area contributed by atoms with Crippen molar-refractivity contribution >= 4 is 5.97 Å². The quantitative estimate of drug-likeness (QED) is 0.777. The Kier molecular flexibility index (Phi) is 6.11. The van der Waals surface area contributed by atoms with Crippen LogP contribution in [-0.2, 0) is 14.3 Å². The summed E-state index contributed by atoms with van der Waals surface area (Å²) in [6.45, 7) is 5.27. The number of ether oxygens (including phenoxy) is 2. The van der Waals surface area contributed by atoms with Crippen LogP contribution in [0.5, 0.6) is 0 Å². The van der Waals surface area contributed by atoms with Crippen LogP contribution in [0.3, 0.4) is 0 Å². The zero-order chi connectivity index (χ0) is 13.5. The van der Waals surface area contributed by atoms with Gasteiger partial charge in [0.25, 0.3) is 0 Å². The summed E-state index contributed by atoms with van der Waals surface area (Å²) in [5.41, 5.74) is 0. The Morgan fingerprint density at radius 3 is 2.68 bits per heavy atom. The van der Waals surface area contributed by atoms with Gasteiger partial charge in [-0.15, -0.1) is 0 Å². The third kappa shape index (κ3) is 4.77. The Morgan fingerprint density at radius 2 is 2.05 bits per heavy atom. The highest BCUT2D eigenvalue weighted by Crippen LogP contribution is 2.25. The first kappa shape index (κ1) is 14.8. The predicted octanol–water partition coefficient (Wildman–Crippen LogP) is 2.12. The summed E-state index contributed by atoms with van der Waals surface area (Å²) < 4.78 is 10.6. The Hall–Kier alpha value is -0.610. The van der Waals surface area contributed by atoms with E-state index in [9.17, 15) is 4.79 Å². The van der Waals surface area contributed by atoms with Crippen molar-refractivity contribution in [1.82, 2.24) is 5.32 Å². The SMILES string of the molecule is CCOC(=O)C1CCC(NCC2CCCOC2)CC1. The number of hydrogen-bond acceptors (Lipinski definition) is 4. The molecule has 19 heavy (non-hydrogen) atoms. The molecule has 4 nitrogen and oxygen atoms in total. The third-order valence-electron chi connectivity index (χ3n) is 4.30. The van der Waals surface area contributed by atoms with Crippen molar-refractivity contribution in [3.8, 4) is 0 Å². The Labute approximate surface area is 116 Å². The lowest BCUT2D eigenvalue weighted by atomic mass is 9.86. The van der Waals surface area contributed by atoms with Crippen molar-refractivity contribution in [2.75, 3.05) is 26.4 Å². The molecule has 0 amide bonds. The van der Waals surface area contributed by atoms with Crippen LogP contribution in [0.15, 0.2) is 0 Å². The topological polar surface area (TPSA) is 47.6 Å². The van der Waals surface area contributed by atoms with Crippen molar-refractivity contribution in [3.05, 3.63) is 0 Å². The lowest BCUT2D eigenvalue weighted by Gasteiger charge is -2.30. The first-order valence-corrected chi connectivity index (χ1v) is 7.77. The molecule has 1 atom stereocenters. The second kappa shape index (κ2) is 7.85. The highest BCUT2D eigenvalue weighted by molar-refractivity contribution is 5.72. The second-order valence-electron chi connectivity index (χ2n) is 5.79. The molecule has 1 aliphatic carbocycles. The molecule has 1 saturated heterocycles. The highest BCUT2D eigenvalue weighted by atomic mass is 16.5. The van der Waals surface area contributed by atoms with Gasteiger partial charge in [0.1, 0.15) is 0 Å². The minimum atomic E-state index is 0.00151. The van der Waals surface area contributed by atoms with Gasteiger partial charge in [-0.05, 0) is 51.4 Å². The number of carbonyl (C=O) groups is 1. The summed E-state index contributed by atoms with van der Waals surface area (Å²) in [6.07, 6.45) is 6.61. The van der Waals surface area contributed by atoms with Gasteiger partial charge in [0.05, 0.1) is 19.1 Å². The monoisotopic (exact) mass is 269 g/mol. The van der Waals surface area contributed by atoms with Crippen molar-refractivity contribution in [2.24, 2.45) is 11.8 Å². The van der Waals surface area contributed by atoms with E-state index < -0.39 is 0 Å². The van der Waals surface area contributed by atoms with Gasteiger partial charge in [0.2, 0.25) is 0 Å². The van der Waals surface area contributed by atoms with E-state index in [0.717, 1.165) is 45.4 Å². The molecular weight excluding hydrogens is 242 g/mol. The number of carbonyl (C=O) groups excluding carboxylic acids is 1. The lowest BCUT2D eigenvalue weighted by molar-refractivity contribution is -0.149. The van der Waals surface area contributed by atoms with Crippen LogP contribution in [0.2, 0.25) is 0 Å². The first-order chi connectivity index (χ1) is 9.29. The van der Waals surface area contributed by atoms with Crippen LogP contribution >= 0.6 is 0 Å². The molecule has 0 spiro atoms. The van der Waals surface area contributed by atoms with Crippen LogP contribution in [-0.4, -0.2) is 38.4 Å². The van der Waals surface area contributed by atoms with Gasteiger partial charge in [0, 0.05) is 19.2 Å². The molecule has 4 heteroatoms. The molecule has 0 bridgehead atoms. The van der Waals surface area contributed by atoms with E-state index in [0.29, 0.717) is 18.6 Å². The molecule has 1 unspecified atom stereocenters. The standard InChI is InChI=1S/C15H27NO3/c1-2-19-15(17)13-5-7-14(8-6-13)16-10-12-4-3-9-18-11-12/h12-14,16H,2-11H2,1H3. The molecule has 1 saturated carbocycles. The smallest absolute Gasteiger partial charge is 0.308 e. The van der Waals surface area contributed by atoms with Gasteiger partial charge in [-0.3, -0.25) is 4.79 Å². The van der Waals surface area contributed by atoms with E-state index >= 15 is 0 Å². The van der Waals surface area contributed by atoms with E-state index in [1.807, 2.05) is 6.92 Å². The van der Waals surface area contributed by atoms with E-state index in [-0.39, 0.29) is 11.9 Å². The molecule has 1 N–H and O–H groups in total. The van der Waals surface area contributed by atoms with Crippen LogP contribution in [0, 0.1) is 11.8 Å². The largest absolute Gasteiger partial charge is 0.466 e. The molecular formula is C15H27NO3. The van der Waals surface area contributed by atoms with Crippen LogP contribution in [0.1, 0.15) is 45.4 Å². The van der Waals surface area contributed by atoms with Crippen LogP contribution in [0.4, 0.5) is 0 Å². The van der Waals surface area contributed by atoms with Crippen LogP contribution < -0.4 is 5.32 Å². The molecule has 0 aromatic carbocycles. The highest BCUT2D eigenvalue weighted by Gasteiger charge is 2.27. The summed E-state index contributed by atoms with van der Waals surface area (Å²) in [5, 5.41) is 3.65. The fourth-order valence-electron chi connectivity index (χ4n) is 3.10. The predicted molar refractivity (Wildman–Crippen MR) is 73.9 cm³/mol. The molecule has 0 aromatic heterocycles. The van der Waals surface area contributed by atoms with Crippen molar-refractivity contribution < 1.29 is 14.3 Å². The van der Waals surface area contributed by atoms with E-state index in [4.69, 9.17) is 9.47 Å². The van der Waals surface area contributed by atoms with E-state index in [1.165, 1.54) is 12.8 Å². The summed E-state index contributed by atoms with van der Waals surface area (Å²) in [4.78, 5) is 11.7. The van der Waals surface area contributed by atoms with Crippen molar-refractivity contribution in [2.45, 2.75) is 51.5 Å². The van der Waals surface area contributed by atoms with E-state index in [1.54, 1.807) is 0 Å². The number of esters is 1. The zero-order valence-electron chi connectivity index (χ0n) is 12.0. The van der Waals surface area contributed by atoms with Gasteiger partial charge in [0.15, 0.2) is 0 Å². The molecule has 2 rings (SSSR count). The molecule has 0 aromatic rings. The lowest BCUT2D eigenvalue weighted by Crippen LogP contribution is -2.39. The fraction of sp³-hybridized carbons (Fsp3) is 0.933. The summed E-state index contributed by atoms with van der Waals surface area (Å²) >= 11 is 0. The summed E-state index contributed by atoms with van der Waals surface area (Å²) in [5.74, 6) is 0.814. The maximum atomic E-state index is 11.7. The molecule has 2 aliphatic rings. The van der Waals surface area contributed by atoms with Crippen molar-refractivity contribution in [3.63, 3.8) is 0 Å². The first-order valence-electron chi connectivity index (χ1n) is 7.77. The second-order valence-corrected chi connectivity index (χ2v) is 5.79. The molecule has 110 valence electrons. The number of rotatable bonds is 5. The average molecular weight is 269 g/mol. The number of nitrogens with one attached hydrogen (secondary N) is 1. The molecule has 0 radical (unpaired) electrons. The van der Waals surface area contributed by atoms with Crippen molar-refractivity contribution in [1.29, 1.82) is 0 Å². The Bertz CT molecular complexity index is 269. The maximum absolute atomic E-state index is 11.7. The van der Waals surface area contributed by atoms with Gasteiger partial charge < -0.3 is 14.8 Å². The Morgan fingerprint density at radius 1 is 1.26 bits per heavy atom. The van der Waals surface area contributed by atoms with Gasteiger partial charge >= 0.3 is 5.97 Å². The summed E-state index contributed by atoms with van der Waals surface area (Å²) in [6, 6.07) is 0.576. The minimum Gasteiger partial charge on any atom is -0.466 e. The molecule has 1 aliphatic heterocycles. The molecule has 2 fully saturated rings.